The average molecular weight is 424 g/mol. The lowest BCUT2D eigenvalue weighted by molar-refractivity contribution is -0.118. The van der Waals surface area contributed by atoms with E-state index < -0.39 is 16.6 Å². The molecule has 1 aromatic heterocycles. The highest BCUT2D eigenvalue weighted by atomic mass is 32.2. The highest BCUT2D eigenvalue weighted by molar-refractivity contribution is 8.15. The number of amides is 3. The Labute approximate surface area is 174 Å². The summed E-state index contributed by atoms with van der Waals surface area (Å²) >= 11 is 0.956. The van der Waals surface area contributed by atoms with Gasteiger partial charge in [0.15, 0.2) is 11.2 Å². The lowest BCUT2D eigenvalue weighted by Gasteiger charge is -2.09. The number of phenols is 1. The van der Waals surface area contributed by atoms with E-state index in [4.69, 9.17) is 4.42 Å². The number of fused-ring (bicyclic) bond motifs is 1. The first kappa shape index (κ1) is 19.7. The van der Waals surface area contributed by atoms with Crippen LogP contribution in [0.1, 0.15) is 21.7 Å². The summed E-state index contributed by atoms with van der Waals surface area (Å²) in [5.41, 5.74) is 1.60. The molecule has 2 aromatic carbocycles. The summed E-state index contributed by atoms with van der Waals surface area (Å²) in [6, 6.07) is 10.8. The van der Waals surface area contributed by atoms with E-state index in [1.54, 1.807) is 37.3 Å². The first-order chi connectivity index (χ1) is 14.3. The first-order valence-corrected chi connectivity index (χ1v) is 9.87. The molecule has 3 amide bonds. The standard InChI is InChI=1S/C21H16N2O6S/c1-10-6-13(24)18-14(25)9-16(29-15(18)7-10)19(26)22-12-4-2-11(3-5-12)8-17-20(27)23-21(28)30-17/h2-7,9,17,24H,8H2,1H3,(H,22,26)(H,23,27,28). The zero-order chi connectivity index (χ0) is 21.4. The Balaban J connectivity index is 1.51. The van der Waals surface area contributed by atoms with Crippen LogP contribution in [0.3, 0.4) is 0 Å². The Morgan fingerprint density at radius 2 is 1.90 bits per heavy atom. The fourth-order valence-electron chi connectivity index (χ4n) is 3.17. The van der Waals surface area contributed by atoms with Gasteiger partial charge in [-0.1, -0.05) is 23.9 Å². The number of benzene rings is 2. The number of carbonyl (C=O) groups excluding carboxylic acids is 3. The van der Waals surface area contributed by atoms with Crippen LogP contribution in [-0.2, 0) is 11.2 Å². The van der Waals surface area contributed by atoms with E-state index in [1.807, 2.05) is 0 Å². The zero-order valence-corrected chi connectivity index (χ0v) is 16.5. The van der Waals surface area contributed by atoms with Crippen LogP contribution >= 0.6 is 11.8 Å². The van der Waals surface area contributed by atoms with Crippen molar-refractivity contribution in [2.75, 3.05) is 5.32 Å². The van der Waals surface area contributed by atoms with Crippen LogP contribution in [0.4, 0.5) is 10.5 Å². The number of hydrogen-bond acceptors (Lipinski definition) is 7. The van der Waals surface area contributed by atoms with Gasteiger partial charge in [0.25, 0.3) is 11.1 Å². The van der Waals surface area contributed by atoms with Crippen molar-refractivity contribution in [2.45, 2.75) is 18.6 Å². The average Bonchev–Trinajstić information content (AvgIpc) is 2.99. The second-order valence-electron chi connectivity index (χ2n) is 6.87. The van der Waals surface area contributed by atoms with E-state index in [0.717, 1.165) is 23.4 Å². The molecule has 3 N–H and O–H groups in total. The van der Waals surface area contributed by atoms with E-state index in [9.17, 15) is 24.3 Å². The summed E-state index contributed by atoms with van der Waals surface area (Å²) in [7, 11) is 0. The summed E-state index contributed by atoms with van der Waals surface area (Å²) < 4.78 is 5.52. The molecule has 1 aliphatic rings. The lowest BCUT2D eigenvalue weighted by atomic mass is 10.1. The third kappa shape index (κ3) is 3.92. The molecule has 0 saturated carbocycles. The molecule has 152 valence electrons. The second-order valence-corrected chi connectivity index (χ2v) is 8.05. The third-order valence-corrected chi connectivity index (χ3v) is 5.56. The van der Waals surface area contributed by atoms with Crippen LogP contribution in [0.2, 0.25) is 0 Å². The van der Waals surface area contributed by atoms with E-state index >= 15 is 0 Å². The highest BCUT2D eigenvalue weighted by Gasteiger charge is 2.31. The quantitative estimate of drug-likeness (QED) is 0.588. The maximum Gasteiger partial charge on any atom is 0.291 e. The number of carbonyl (C=O) groups is 3. The van der Waals surface area contributed by atoms with Gasteiger partial charge >= 0.3 is 0 Å². The Morgan fingerprint density at radius 1 is 1.17 bits per heavy atom. The van der Waals surface area contributed by atoms with Crippen molar-refractivity contribution in [1.82, 2.24) is 5.32 Å². The van der Waals surface area contributed by atoms with Crippen LogP contribution in [0.15, 0.2) is 51.7 Å². The minimum atomic E-state index is -0.612. The monoisotopic (exact) mass is 424 g/mol. The molecule has 8 nitrogen and oxygen atoms in total. The van der Waals surface area contributed by atoms with Crippen LogP contribution < -0.4 is 16.1 Å². The molecule has 30 heavy (non-hydrogen) atoms. The smallest absolute Gasteiger partial charge is 0.291 e. The Kier molecular flexibility index (Phi) is 5.04. The van der Waals surface area contributed by atoms with Crippen molar-refractivity contribution in [2.24, 2.45) is 0 Å². The third-order valence-electron chi connectivity index (χ3n) is 4.58. The molecule has 0 radical (unpaired) electrons. The predicted octanol–water partition coefficient (Wildman–Crippen LogP) is 2.95. The Bertz CT molecular complexity index is 1250. The number of aromatic hydroxyl groups is 1. The number of anilines is 1. The zero-order valence-electron chi connectivity index (χ0n) is 15.7. The van der Waals surface area contributed by atoms with Gasteiger partial charge in [-0.05, 0) is 48.7 Å². The summed E-state index contributed by atoms with van der Waals surface area (Å²) in [5.74, 6) is -1.30. The summed E-state index contributed by atoms with van der Waals surface area (Å²) in [4.78, 5) is 47.7. The fraction of sp³-hybridized carbons (Fsp3) is 0.143. The van der Waals surface area contributed by atoms with Gasteiger partial charge in [0.05, 0.1) is 5.25 Å². The molecule has 0 bridgehead atoms. The lowest BCUT2D eigenvalue weighted by Crippen LogP contribution is -2.25. The first-order valence-electron chi connectivity index (χ1n) is 8.99. The maximum absolute atomic E-state index is 12.5. The summed E-state index contributed by atoms with van der Waals surface area (Å²) in [6.45, 7) is 1.73. The number of thioether (sulfide) groups is 1. The molecule has 1 fully saturated rings. The Morgan fingerprint density at radius 3 is 2.57 bits per heavy atom. The van der Waals surface area contributed by atoms with Gasteiger partial charge in [0.1, 0.15) is 16.7 Å². The molecule has 2 heterocycles. The van der Waals surface area contributed by atoms with Crippen molar-refractivity contribution >= 4 is 45.5 Å². The number of hydrogen-bond donors (Lipinski definition) is 3. The summed E-state index contributed by atoms with van der Waals surface area (Å²) in [5, 5.41) is 14.0. The largest absolute Gasteiger partial charge is 0.507 e. The van der Waals surface area contributed by atoms with Crippen molar-refractivity contribution in [3.8, 4) is 5.75 Å². The topological polar surface area (TPSA) is 126 Å². The maximum atomic E-state index is 12.5. The van der Waals surface area contributed by atoms with Crippen molar-refractivity contribution in [1.29, 1.82) is 0 Å². The van der Waals surface area contributed by atoms with Crippen LogP contribution in [0.5, 0.6) is 5.75 Å². The molecule has 1 atom stereocenters. The van der Waals surface area contributed by atoms with Crippen molar-refractivity contribution in [3.05, 3.63) is 69.6 Å². The van der Waals surface area contributed by atoms with Crippen molar-refractivity contribution < 1.29 is 23.9 Å². The molecule has 0 spiro atoms. The van der Waals surface area contributed by atoms with Gasteiger partial charge in [-0.2, -0.15) is 0 Å². The van der Waals surface area contributed by atoms with Gasteiger partial charge in [0, 0.05) is 11.8 Å². The minimum Gasteiger partial charge on any atom is -0.507 e. The van der Waals surface area contributed by atoms with Gasteiger partial charge in [-0.15, -0.1) is 0 Å². The molecule has 0 aliphatic carbocycles. The minimum absolute atomic E-state index is 0.0220. The number of aryl methyl sites for hydroxylation is 1. The van der Waals surface area contributed by atoms with Gasteiger partial charge in [-0.25, -0.2) is 0 Å². The SMILES string of the molecule is Cc1cc(O)c2c(=O)cc(C(=O)Nc3ccc(CC4SC(=O)NC4=O)cc3)oc2c1. The molecule has 3 aromatic rings. The highest BCUT2D eigenvalue weighted by Crippen LogP contribution is 2.25. The molecular formula is C21H16N2O6S. The molecular weight excluding hydrogens is 408 g/mol. The van der Waals surface area contributed by atoms with E-state index in [-0.39, 0.29) is 33.6 Å². The van der Waals surface area contributed by atoms with Crippen LogP contribution in [-0.4, -0.2) is 27.4 Å². The number of imide groups is 1. The number of phenolic OH excluding ortho intramolecular Hbond substituents is 1. The van der Waals surface area contributed by atoms with E-state index in [2.05, 4.69) is 10.6 Å². The van der Waals surface area contributed by atoms with E-state index in [1.165, 1.54) is 6.07 Å². The van der Waals surface area contributed by atoms with E-state index in [0.29, 0.717) is 17.7 Å². The fourth-order valence-corrected chi connectivity index (χ4v) is 4.03. The summed E-state index contributed by atoms with van der Waals surface area (Å²) in [6.07, 6.45) is 0.388. The predicted molar refractivity (Wildman–Crippen MR) is 112 cm³/mol. The Hall–Kier alpha value is -3.59. The van der Waals surface area contributed by atoms with Gasteiger partial charge in [0.2, 0.25) is 5.91 Å². The van der Waals surface area contributed by atoms with Gasteiger partial charge < -0.3 is 14.8 Å². The normalized spacial score (nSPS) is 16.0. The van der Waals surface area contributed by atoms with Crippen LogP contribution in [0, 0.1) is 6.92 Å². The molecule has 1 saturated heterocycles. The number of nitrogens with one attached hydrogen (secondary N) is 2. The molecule has 4 rings (SSSR count). The van der Waals surface area contributed by atoms with Gasteiger partial charge in [-0.3, -0.25) is 24.5 Å². The van der Waals surface area contributed by atoms with Crippen molar-refractivity contribution in [3.63, 3.8) is 0 Å². The molecule has 9 heteroatoms. The number of rotatable bonds is 4. The van der Waals surface area contributed by atoms with Crippen LogP contribution in [0.25, 0.3) is 11.0 Å². The second kappa shape index (κ2) is 7.68. The molecule has 1 aliphatic heterocycles. The molecule has 1 unspecified atom stereocenters.